The van der Waals surface area contributed by atoms with Gasteiger partial charge in [0.15, 0.2) is 0 Å². The van der Waals surface area contributed by atoms with E-state index in [0.717, 1.165) is 0 Å². The predicted octanol–water partition coefficient (Wildman–Crippen LogP) is -0.876. The van der Waals surface area contributed by atoms with Crippen molar-refractivity contribution < 1.29 is 0 Å². The zero-order valence-electron chi connectivity index (χ0n) is 1.32. The Labute approximate surface area is 122 Å². The molecule has 0 atom stereocenters. The number of rotatable bonds is 0. The van der Waals surface area contributed by atoms with Crippen LogP contribution in [0.1, 0.15) is 0 Å². The molecule has 0 aromatic carbocycles. The first-order chi connectivity index (χ1) is 0. The second-order valence-electron chi connectivity index (χ2n) is 0. The number of hydrogen-bond acceptors (Lipinski definition) is 0. The Hall–Kier alpha value is 3.76. The summed E-state index contributed by atoms with van der Waals surface area (Å²) in [4.78, 5) is 0. The van der Waals surface area contributed by atoms with E-state index in [0.29, 0.717) is 0 Å². The summed E-state index contributed by atoms with van der Waals surface area (Å²) in [5.74, 6) is 0. The molecule has 0 fully saturated rings. The van der Waals surface area contributed by atoms with Crippen molar-refractivity contribution in [3.63, 3.8) is 0 Å². The molecule has 0 spiro atoms. The Morgan fingerprint density at radius 2 is 0.800 bits per heavy atom. The summed E-state index contributed by atoms with van der Waals surface area (Å²) in [6.45, 7) is 0. The number of halogens is 2. The van der Waals surface area contributed by atoms with Crippen LogP contribution in [0.25, 0.3) is 0 Å². The standard InChI is InChI=1S/Ba.Ca.2ClH.H2S.4H/h;;2*1H;1H2;;;;. The molecule has 0 aliphatic rings. The van der Waals surface area contributed by atoms with Crippen molar-refractivity contribution in [3.05, 3.63) is 0 Å². The van der Waals surface area contributed by atoms with Crippen molar-refractivity contribution in [2.75, 3.05) is 0 Å². The molecule has 0 aromatic rings. The van der Waals surface area contributed by atoms with Crippen LogP contribution in [0.4, 0.5) is 0 Å². The Balaban J connectivity index is 0. The molecule has 0 aliphatic carbocycles. The molecule has 0 N–H and O–H groups in total. The van der Waals surface area contributed by atoms with Gasteiger partial charge in [-0.25, -0.2) is 0 Å². The molecule has 32 valence electrons. The minimum absolute atomic E-state index is 0. The van der Waals surface area contributed by atoms with E-state index < -0.39 is 0 Å². The van der Waals surface area contributed by atoms with Crippen LogP contribution in [0, 0.1) is 0 Å². The molecule has 0 radical (unpaired) electrons. The molecule has 0 unspecified atom stereocenters. The van der Waals surface area contributed by atoms with Gasteiger partial charge in [-0.15, -0.1) is 24.8 Å². The van der Waals surface area contributed by atoms with Crippen molar-refractivity contribution in [1.82, 2.24) is 0 Å². The summed E-state index contributed by atoms with van der Waals surface area (Å²) >= 11 is 0. The summed E-state index contributed by atoms with van der Waals surface area (Å²) in [5, 5.41) is 0. The fourth-order valence-corrected chi connectivity index (χ4v) is 0. The SMILES string of the molecule is Cl.Cl.S.[BaH2].[CaH2]. The molecule has 0 aliphatic heterocycles. The molecular weight excluding hydrogens is 280 g/mol. The zero-order chi connectivity index (χ0) is 0. The van der Waals surface area contributed by atoms with Crippen LogP contribution in [-0.4, -0.2) is 86.6 Å². The predicted molar refractivity (Wildman–Crippen MR) is 42.0 cm³/mol. The van der Waals surface area contributed by atoms with Gasteiger partial charge < -0.3 is 0 Å². The monoisotopic (exact) mass is 288 g/mol. The summed E-state index contributed by atoms with van der Waals surface area (Å²) < 4.78 is 0. The molecule has 0 saturated heterocycles. The zero-order valence-corrected chi connectivity index (χ0v) is 3.95. The second kappa shape index (κ2) is 25.1. The minimum atomic E-state index is 0. The first-order valence-electron chi connectivity index (χ1n) is 0. The second-order valence-corrected chi connectivity index (χ2v) is 0. The van der Waals surface area contributed by atoms with E-state index in [2.05, 4.69) is 0 Å². The fourth-order valence-electron chi connectivity index (χ4n) is 0. The Morgan fingerprint density at radius 1 is 0.800 bits per heavy atom. The molecule has 0 heterocycles. The van der Waals surface area contributed by atoms with Crippen LogP contribution in [0.3, 0.4) is 0 Å². The van der Waals surface area contributed by atoms with Gasteiger partial charge in [0.2, 0.25) is 0 Å². The molecule has 0 nitrogen and oxygen atoms in total. The summed E-state index contributed by atoms with van der Waals surface area (Å²) in [5.41, 5.74) is 0. The third-order valence-electron chi connectivity index (χ3n) is 0. The van der Waals surface area contributed by atoms with Gasteiger partial charge in [0.25, 0.3) is 0 Å². The summed E-state index contributed by atoms with van der Waals surface area (Å²) in [6.07, 6.45) is 0. The third-order valence-corrected chi connectivity index (χ3v) is 0. The van der Waals surface area contributed by atoms with Crippen LogP contribution < -0.4 is 0 Å². The van der Waals surface area contributed by atoms with Crippen LogP contribution in [0.15, 0.2) is 0 Å². The fraction of sp³-hybridized carbons (Fsp3) is 0. The van der Waals surface area contributed by atoms with Gasteiger partial charge in [-0.05, 0) is 0 Å². The van der Waals surface area contributed by atoms with E-state index in [-0.39, 0.29) is 125 Å². The van der Waals surface area contributed by atoms with Crippen molar-refractivity contribution >= 4 is 125 Å². The van der Waals surface area contributed by atoms with E-state index in [9.17, 15) is 0 Å². The van der Waals surface area contributed by atoms with Gasteiger partial charge in [0.1, 0.15) is 0 Å². The molecule has 0 aromatic heterocycles. The average Bonchev–Trinajstić information content (AvgIpc) is 0. The first kappa shape index (κ1) is 37.3. The van der Waals surface area contributed by atoms with Gasteiger partial charge in [-0.1, -0.05) is 0 Å². The molecular formula is H8BaCaCl2S. The van der Waals surface area contributed by atoms with Gasteiger partial charge in [0, 0.05) is 0 Å². The third kappa shape index (κ3) is 18.2. The van der Waals surface area contributed by atoms with Crippen molar-refractivity contribution in [1.29, 1.82) is 0 Å². The molecule has 5 heavy (non-hydrogen) atoms. The summed E-state index contributed by atoms with van der Waals surface area (Å²) in [6, 6.07) is 0. The van der Waals surface area contributed by atoms with E-state index >= 15 is 0 Å². The summed E-state index contributed by atoms with van der Waals surface area (Å²) in [7, 11) is 0. The average molecular weight is 288 g/mol. The molecule has 0 amide bonds. The topological polar surface area (TPSA) is 0 Å². The van der Waals surface area contributed by atoms with E-state index in [1.54, 1.807) is 0 Å². The Kier molecular flexibility index (Phi) is 187. The van der Waals surface area contributed by atoms with Crippen molar-refractivity contribution in [2.24, 2.45) is 0 Å². The quantitative estimate of drug-likeness (QED) is 0.508. The van der Waals surface area contributed by atoms with Crippen LogP contribution in [0.2, 0.25) is 0 Å². The van der Waals surface area contributed by atoms with E-state index in [1.807, 2.05) is 0 Å². The van der Waals surface area contributed by atoms with Gasteiger partial charge in [-0.2, -0.15) is 13.5 Å². The van der Waals surface area contributed by atoms with Gasteiger partial charge in [0.05, 0.1) is 0 Å². The van der Waals surface area contributed by atoms with Crippen molar-refractivity contribution in [2.45, 2.75) is 0 Å². The number of hydrogen-bond donors (Lipinski definition) is 0. The van der Waals surface area contributed by atoms with Gasteiger partial charge in [-0.3, -0.25) is 0 Å². The maximum atomic E-state index is 0. The van der Waals surface area contributed by atoms with E-state index in [1.165, 1.54) is 0 Å². The normalized spacial score (nSPS) is 0. The Bertz CT molecular complexity index is 9.61. The first-order valence-corrected chi connectivity index (χ1v) is 0. The molecule has 0 saturated carbocycles. The van der Waals surface area contributed by atoms with E-state index in [4.69, 9.17) is 0 Å². The molecule has 5 heteroatoms. The molecule has 0 rings (SSSR count). The van der Waals surface area contributed by atoms with Crippen LogP contribution >= 0.6 is 38.3 Å². The molecule has 0 bridgehead atoms. The van der Waals surface area contributed by atoms with Gasteiger partial charge >= 0.3 is 86.6 Å². The van der Waals surface area contributed by atoms with Crippen LogP contribution in [0.5, 0.6) is 0 Å². The Morgan fingerprint density at radius 3 is 0.800 bits per heavy atom. The maximum absolute atomic E-state index is 0. The van der Waals surface area contributed by atoms with Crippen molar-refractivity contribution in [3.8, 4) is 0 Å². The van der Waals surface area contributed by atoms with Crippen LogP contribution in [-0.2, 0) is 0 Å².